The number of hydrogen-bond acceptors (Lipinski definition) is 4. The Balaban J connectivity index is 1.48. The molecule has 0 bridgehead atoms. The highest BCUT2D eigenvalue weighted by molar-refractivity contribution is 5.94. The molecule has 1 amide bonds. The Kier molecular flexibility index (Phi) is 6.11. The molecule has 4 rings (SSSR count). The fraction of sp³-hybridized carbons (Fsp3) is 0.435. The van der Waals surface area contributed by atoms with Crippen LogP contribution in [0.15, 0.2) is 42.5 Å². The summed E-state index contributed by atoms with van der Waals surface area (Å²) < 4.78 is 10.7. The highest BCUT2D eigenvalue weighted by atomic mass is 16.7. The average Bonchev–Trinajstić information content (AvgIpc) is 3.23. The second-order valence-electron chi connectivity index (χ2n) is 8.43. The molecule has 0 aliphatic carbocycles. The van der Waals surface area contributed by atoms with Gasteiger partial charge in [-0.1, -0.05) is 12.1 Å². The van der Waals surface area contributed by atoms with Gasteiger partial charge >= 0.3 is 0 Å². The molecule has 0 aromatic heterocycles. The van der Waals surface area contributed by atoms with Crippen molar-refractivity contribution in [3.63, 3.8) is 0 Å². The van der Waals surface area contributed by atoms with Crippen LogP contribution in [0.4, 0.5) is 5.69 Å². The van der Waals surface area contributed by atoms with Crippen LogP contribution in [0, 0.1) is 0 Å². The largest absolute Gasteiger partial charge is 0.454 e. The Morgan fingerprint density at radius 3 is 2.43 bits per heavy atom. The molecule has 1 saturated heterocycles. The highest BCUT2D eigenvalue weighted by Crippen LogP contribution is 2.32. The standard InChI is InChI=1S/C23H30N4O3/c1-25(2)19-7-4-17(5-8-19)20(27-12-10-26(3)11-13-27)15-24-23(28)18-6-9-21-22(14-18)30-16-29-21/h4-9,14,20H,10-13,15-16H2,1-3H3,(H,24,28)/p+2/t20-/m1/s1. The van der Waals surface area contributed by atoms with E-state index in [9.17, 15) is 4.79 Å². The first-order valence-corrected chi connectivity index (χ1v) is 10.6. The minimum Gasteiger partial charge on any atom is -0.454 e. The van der Waals surface area contributed by atoms with Crippen molar-refractivity contribution in [2.75, 3.05) is 65.6 Å². The second kappa shape index (κ2) is 8.93. The predicted molar refractivity (Wildman–Crippen MR) is 116 cm³/mol. The van der Waals surface area contributed by atoms with Crippen LogP contribution in [0.1, 0.15) is 22.0 Å². The molecule has 2 aromatic rings. The molecular weight excluding hydrogens is 380 g/mol. The van der Waals surface area contributed by atoms with E-state index in [0.717, 1.165) is 26.2 Å². The van der Waals surface area contributed by atoms with E-state index >= 15 is 0 Å². The van der Waals surface area contributed by atoms with Crippen LogP contribution in [-0.4, -0.2) is 66.6 Å². The average molecular weight is 413 g/mol. The van der Waals surface area contributed by atoms with E-state index < -0.39 is 0 Å². The summed E-state index contributed by atoms with van der Waals surface area (Å²) in [4.78, 5) is 18.0. The van der Waals surface area contributed by atoms with E-state index in [2.05, 4.69) is 41.5 Å². The van der Waals surface area contributed by atoms with Crippen LogP contribution in [0.2, 0.25) is 0 Å². The first kappa shape index (κ1) is 20.5. The summed E-state index contributed by atoms with van der Waals surface area (Å²) in [7, 11) is 6.35. The molecule has 2 heterocycles. The number of ether oxygens (including phenoxy) is 2. The van der Waals surface area contributed by atoms with Gasteiger partial charge in [0.2, 0.25) is 6.79 Å². The third kappa shape index (κ3) is 4.52. The monoisotopic (exact) mass is 412 g/mol. The van der Waals surface area contributed by atoms with Gasteiger partial charge in [-0.05, 0) is 30.3 Å². The molecular formula is C23H32N4O3+2. The summed E-state index contributed by atoms with van der Waals surface area (Å²) in [5.41, 5.74) is 3.04. The van der Waals surface area contributed by atoms with Crippen LogP contribution in [0.5, 0.6) is 11.5 Å². The summed E-state index contributed by atoms with van der Waals surface area (Å²) >= 11 is 0. The van der Waals surface area contributed by atoms with Crippen LogP contribution < -0.4 is 29.5 Å². The zero-order chi connectivity index (χ0) is 21.1. The maximum absolute atomic E-state index is 12.8. The van der Waals surface area contributed by atoms with Crippen molar-refractivity contribution >= 4 is 11.6 Å². The molecule has 0 unspecified atom stereocenters. The van der Waals surface area contributed by atoms with Gasteiger partial charge in [0, 0.05) is 30.9 Å². The molecule has 0 spiro atoms. The lowest BCUT2D eigenvalue weighted by atomic mass is 10.0. The summed E-state index contributed by atoms with van der Waals surface area (Å²) in [5.74, 6) is 1.24. The molecule has 30 heavy (non-hydrogen) atoms. The number of nitrogens with zero attached hydrogens (tertiary/aromatic N) is 1. The van der Waals surface area contributed by atoms with Crippen LogP contribution in [-0.2, 0) is 0 Å². The number of fused-ring (bicyclic) bond motifs is 1. The zero-order valence-electron chi connectivity index (χ0n) is 18.0. The van der Waals surface area contributed by atoms with Crippen LogP contribution in [0.3, 0.4) is 0 Å². The van der Waals surface area contributed by atoms with E-state index in [1.165, 1.54) is 16.2 Å². The van der Waals surface area contributed by atoms with Gasteiger partial charge in [-0.15, -0.1) is 0 Å². The van der Waals surface area contributed by atoms with Crippen molar-refractivity contribution in [1.29, 1.82) is 0 Å². The number of amides is 1. The van der Waals surface area contributed by atoms with Crippen molar-refractivity contribution in [2.24, 2.45) is 0 Å². The first-order valence-electron chi connectivity index (χ1n) is 10.6. The Labute approximate surface area is 178 Å². The molecule has 160 valence electrons. The van der Waals surface area contributed by atoms with Gasteiger partial charge in [-0.25, -0.2) is 0 Å². The minimum atomic E-state index is -0.0811. The van der Waals surface area contributed by atoms with Gasteiger partial charge in [0.05, 0.1) is 13.6 Å². The van der Waals surface area contributed by atoms with Crippen molar-refractivity contribution in [3.05, 3.63) is 53.6 Å². The fourth-order valence-corrected chi connectivity index (χ4v) is 4.18. The molecule has 0 radical (unpaired) electrons. The summed E-state index contributed by atoms with van der Waals surface area (Å²) in [6.45, 7) is 5.32. The maximum atomic E-state index is 12.8. The summed E-state index contributed by atoms with van der Waals surface area (Å²) in [5, 5.41) is 3.16. The Hall–Kier alpha value is -2.77. The molecule has 3 N–H and O–H groups in total. The molecule has 2 aromatic carbocycles. The number of hydrogen-bond donors (Lipinski definition) is 3. The summed E-state index contributed by atoms with van der Waals surface area (Å²) in [6, 6.07) is 14.3. The normalized spacial score (nSPS) is 21.2. The van der Waals surface area contributed by atoms with E-state index in [1.54, 1.807) is 23.1 Å². The predicted octanol–water partition coefficient (Wildman–Crippen LogP) is -0.634. The molecule has 1 atom stereocenters. The van der Waals surface area contributed by atoms with E-state index in [-0.39, 0.29) is 18.7 Å². The Bertz CT molecular complexity index is 877. The lowest BCUT2D eigenvalue weighted by Crippen LogP contribution is -3.27. The molecule has 0 saturated carbocycles. The number of quaternary nitrogens is 2. The summed E-state index contributed by atoms with van der Waals surface area (Å²) in [6.07, 6.45) is 0. The number of benzene rings is 2. The fourth-order valence-electron chi connectivity index (χ4n) is 4.18. The molecule has 7 heteroatoms. The third-order valence-corrected chi connectivity index (χ3v) is 6.15. The van der Waals surface area contributed by atoms with E-state index in [4.69, 9.17) is 9.47 Å². The number of anilines is 1. The van der Waals surface area contributed by atoms with Crippen molar-refractivity contribution in [3.8, 4) is 11.5 Å². The number of nitrogens with one attached hydrogen (secondary N) is 3. The van der Waals surface area contributed by atoms with E-state index in [1.807, 2.05) is 14.1 Å². The second-order valence-corrected chi connectivity index (χ2v) is 8.43. The number of likely N-dealkylation sites (N-methyl/N-ethyl adjacent to an activating group) is 1. The van der Waals surface area contributed by atoms with Gasteiger partial charge in [0.1, 0.15) is 32.2 Å². The van der Waals surface area contributed by atoms with Gasteiger partial charge < -0.3 is 29.5 Å². The lowest BCUT2D eigenvalue weighted by Gasteiger charge is -2.33. The number of rotatable bonds is 6. The molecule has 7 nitrogen and oxygen atoms in total. The topological polar surface area (TPSA) is 59.7 Å². The van der Waals surface area contributed by atoms with Gasteiger partial charge in [-0.2, -0.15) is 0 Å². The Morgan fingerprint density at radius 1 is 1.03 bits per heavy atom. The third-order valence-electron chi connectivity index (χ3n) is 6.15. The molecule has 2 aliphatic heterocycles. The van der Waals surface area contributed by atoms with Gasteiger partial charge in [0.15, 0.2) is 11.5 Å². The highest BCUT2D eigenvalue weighted by Gasteiger charge is 2.30. The van der Waals surface area contributed by atoms with Crippen molar-refractivity contribution < 1.29 is 24.1 Å². The Morgan fingerprint density at radius 2 is 1.73 bits per heavy atom. The molecule has 1 fully saturated rings. The number of carbonyl (C=O) groups excluding carboxylic acids is 1. The van der Waals surface area contributed by atoms with Crippen LogP contribution >= 0.6 is 0 Å². The zero-order valence-corrected chi connectivity index (χ0v) is 18.0. The SMILES string of the molecule is CN(C)c1ccc([C@@H](CNC(=O)c2ccc3c(c2)OCO3)[NH+]2CC[NH+](C)CC2)cc1. The van der Waals surface area contributed by atoms with Gasteiger partial charge in [0.25, 0.3) is 5.91 Å². The van der Waals surface area contributed by atoms with Crippen molar-refractivity contribution in [2.45, 2.75) is 6.04 Å². The smallest absolute Gasteiger partial charge is 0.251 e. The quantitative estimate of drug-likeness (QED) is 0.591. The van der Waals surface area contributed by atoms with E-state index in [0.29, 0.717) is 23.6 Å². The number of carbonyl (C=O) groups is 1. The first-order chi connectivity index (χ1) is 14.5. The maximum Gasteiger partial charge on any atom is 0.251 e. The molecule has 2 aliphatic rings. The van der Waals surface area contributed by atoms with Crippen LogP contribution in [0.25, 0.3) is 0 Å². The number of piperazine rings is 1. The lowest BCUT2D eigenvalue weighted by molar-refractivity contribution is -1.02. The van der Waals surface area contributed by atoms with Gasteiger partial charge in [-0.3, -0.25) is 4.79 Å². The van der Waals surface area contributed by atoms with Crippen molar-refractivity contribution in [1.82, 2.24) is 5.32 Å². The minimum absolute atomic E-state index is 0.0811.